The van der Waals surface area contributed by atoms with Gasteiger partial charge in [0, 0.05) is 66.7 Å². The third-order valence-corrected chi connectivity index (χ3v) is 10.4. The first-order chi connectivity index (χ1) is 24.0. The smallest absolute Gasteiger partial charge is 0.388 e. The standard InChI is InChI=1S/C39H50F6N4O2/c1-24(2)51-22-25(20-46-5)21-47-23-49-16-12-28(13-17-49)36-34(35(40)27-6-8-29(9-7-27)39(43,44)45)32(26-10-14-38(41,42)15-11-26)33-30(48-36)18-37(3,4)19-31(33)50/h6-9,20-21,24,26,28,31,35,50H,5,10-19,22-23H2,1-4H3/b25-20+,47-21-. The van der Waals surface area contributed by atoms with E-state index in [9.17, 15) is 27.1 Å². The van der Waals surface area contributed by atoms with Crippen molar-refractivity contribution in [3.63, 3.8) is 0 Å². The van der Waals surface area contributed by atoms with Gasteiger partial charge < -0.3 is 9.84 Å². The molecule has 2 heterocycles. The van der Waals surface area contributed by atoms with Gasteiger partial charge in [0.2, 0.25) is 5.92 Å². The molecule has 2 aliphatic carbocycles. The van der Waals surface area contributed by atoms with E-state index in [1.165, 1.54) is 0 Å². The minimum Gasteiger partial charge on any atom is -0.388 e. The van der Waals surface area contributed by atoms with Crippen molar-refractivity contribution in [2.45, 2.75) is 121 Å². The number of piperidine rings is 1. The number of rotatable bonds is 11. The average Bonchev–Trinajstić information content (AvgIpc) is 3.05. The molecular formula is C39H50F6N4O2. The molecule has 3 aliphatic rings. The number of fused-ring (bicyclic) bond motifs is 1. The van der Waals surface area contributed by atoms with Crippen LogP contribution in [0.1, 0.15) is 136 Å². The number of benzene rings is 1. The predicted molar refractivity (Wildman–Crippen MR) is 187 cm³/mol. The molecule has 1 aromatic carbocycles. The zero-order valence-corrected chi connectivity index (χ0v) is 30.0. The maximum Gasteiger partial charge on any atom is 0.416 e. The first kappa shape index (κ1) is 39.1. The minimum absolute atomic E-state index is 0.0325. The van der Waals surface area contributed by atoms with Crippen LogP contribution in [0.15, 0.2) is 46.0 Å². The Kier molecular flexibility index (Phi) is 12.2. The highest BCUT2D eigenvalue weighted by Crippen LogP contribution is 2.52. The zero-order chi connectivity index (χ0) is 37.1. The molecule has 2 fully saturated rings. The number of pyridine rings is 1. The number of alkyl halides is 6. The maximum atomic E-state index is 17.2. The predicted octanol–water partition coefficient (Wildman–Crippen LogP) is 9.68. The van der Waals surface area contributed by atoms with Crippen molar-refractivity contribution in [3.05, 3.63) is 75.2 Å². The summed E-state index contributed by atoms with van der Waals surface area (Å²) in [7, 11) is 0. The van der Waals surface area contributed by atoms with Crippen molar-refractivity contribution in [2.75, 3.05) is 26.4 Å². The van der Waals surface area contributed by atoms with Gasteiger partial charge in [-0.2, -0.15) is 13.2 Å². The van der Waals surface area contributed by atoms with Crippen LogP contribution in [0.25, 0.3) is 0 Å². The van der Waals surface area contributed by atoms with E-state index >= 15 is 4.39 Å². The number of likely N-dealkylation sites (tertiary alicyclic amines) is 1. The molecule has 1 N–H and O–H groups in total. The maximum absolute atomic E-state index is 17.2. The molecule has 1 aliphatic heterocycles. The van der Waals surface area contributed by atoms with Crippen molar-refractivity contribution in [2.24, 2.45) is 15.4 Å². The molecule has 1 saturated heterocycles. The molecule has 2 unspecified atom stereocenters. The van der Waals surface area contributed by atoms with Gasteiger partial charge in [0.15, 0.2) is 6.17 Å². The first-order valence-electron chi connectivity index (χ1n) is 17.9. The molecule has 2 aromatic rings. The van der Waals surface area contributed by atoms with Crippen molar-refractivity contribution in [1.29, 1.82) is 0 Å². The van der Waals surface area contributed by atoms with Gasteiger partial charge in [-0.1, -0.05) is 26.0 Å². The van der Waals surface area contributed by atoms with E-state index in [0.717, 1.165) is 29.8 Å². The summed E-state index contributed by atoms with van der Waals surface area (Å²) in [6, 6.07) is 4.02. The normalized spacial score (nSPS) is 22.7. The Hall–Kier alpha value is -3.09. The topological polar surface area (TPSA) is 70.3 Å². The Balaban J connectivity index is 1.52. The Morgan fingerprint density at radius 2 is 1.71 bits per heavy atom. The fourth-order valence-corrected chi connectivity index (χ4v) is 7.83. The highest BCUT2D eigenvalue weighted by molar-refractivity contribution is 5.78. The van der Waals surface area contributed by atoms with Crippen LogP contribution in [0, 0.1) is 5.41 Å². The van der Waals surface area contributed by atoms with Crippen LogP contribution >= 0.6 is 0 Å². The number of ether oxygens (including phenoxy) is 1. The Bertz CT molecular complexity index is 1570. The van der Waals surface area contributed by atoms with E-state index < -0.39 is 35.9 Å². The van der Waals surface area contributed by atoms with Crippen LogP contribution < -0.4 is 0 Å². The van der Waals surface area contributed by atoms with Gasteiger partial charge in [-0.25, -0.2) is 13.2 Å². The second-order valence-electron chi connectivity index (χ2n) is 15.4. The van der Waals surface area contributed by atoms with Gasteiger partial charge in [0.05, 0.1) is 36.7 Å². The van der Waals surface area contributed by atoms with E-state index in [1.54, 1.807) is 12.4 Å². The number of hydrogen-bond acceptors (Lipinski definition) is 6. The summed E-state index contributed by atoms with van der Waals surface area (Å²) in [4.78, 5) is 15.7. The number of nitrogens with zero attached hydrogens (tertiary/aromatic N) is 4. The van der Waals surface area contributed by atoms with Gasteiger partial charge in [0.25, 0.3) is 0 Å². The lowest BCUT2D eigenvalue weighted by Crippen LogP contribution is -2.35. The van der Waals surface area contributed by atoms with E-state index in [0.29, 0.717) is 74.6 Å². The summed E-state index contributed by atoms with van der Waals surface area (Å²) in [6.07, 6.45) is -2.36. The number of aromatic nitrogens is 1. The van der Waals surface area contributed by atoms with Crippen LogP contribution in [0.5, 0.6) is 0 Å². The van der Waals surface area contributed by atoms with Crippen LogP contribution in [0.2, 0.25) is 0 Å². The molecule has 280 valence electrons. The SMILES string of the molecule is C=N/C=C(\C=N/CN1CCC(c2nc3c(c(C4CCC(F)(F)CC4)c2C(F)c2ccc(C(F)(F)F)cc2)C(O)CC(C)(C)C3)CC1)COC(C)C. The number of aliphatic hydroxyl groups excluding tert-OH is 1. The Labute approximate surface area is 297 Å². The van der Waals surface area contributed by atoms with Crippen molar-refractivity contribution in [3.8, 4) is 0 Å². The van der Waals surface area contributed by atoms with Crippen LogP contribution in [-0.4, -0.2) is 66.3 Å². The second kappa shape index (κ2) is 15.9. The van der Waals surface area contributed by atoms with Crippen LogP contribution in [-0.2, 0) is 17.3 Å². The lowest BCUT2D eigenvalue weighted by atomic mass is 9.68. The Morgan fingerprint density at radius 3 is 2.29 bits per heavy atom. The first-order valence-corrected chi connectivity index (χ1v) is 17.9. The molecule has 6 nitrogen and oxygen atoms in total. The molecule has 0 amide bonds. The van der Waals surface area contributed by atoms with Crippen molar-refractivity contribution < 1.29 is 36.2 Å². The molecule has 1 saturated carbocycles. The average molecular weight is 721 g/mol. The summed E-state index contributed by atoms with van der Waals surface area (Å²) in [6.45, 7) is 13.5. The fourth-order valence-electron chi connectivity index (χ4n) is 7.83. The number of aliphatic hydroxyl groups is 1. The molecule has 2 atom stereocenters. The van der Waals surface area contributed by atoms with Crippen LogP contribution in [0.3, 0.4) is 0 Å². The molecule has 5 rings (SSSR count). The second-order valence-corrected chi connectivity index (χ2v) is 15.4. The van der Waals surface area contributed by atoms with Gasteiger partial charge in [0.1, 0.15) is 0 Å². The summed E-state index contributed by atoms with van der Waals surface area (Å²) in [5, 5.41) is 11.6. The lowest BCUT2D eigenvalue weighted by Gasteiger charge is -2.41. The third kappa shape index (κ3) is 9.67. The minimum atomic E-state index is -4.58. The lowest BCUT2D eigenvalue weighted by molar-refractivity contribution is -0.137. The largest absolute Gasteiger partial charge is 0.416 e. The molecular weight excluding hydrogens is 670 g/mol. The van der Waals surface area contributed by atoms with E-state index in [1.807, 2.05) is 27.7 Å². The summed E-state index contributed by atoms with van der Waals surface area (Å²) in [5.41, 5.74) is 2.10. The van der Waals surface area contributed by atoms with E-state index in [-0.39, 0.29) is 54.2 Å². The Morgan fingerprint density at radius 1 is 1.06 bits per heavy atom. The molecule has 0 bridgehead atoms. The van der Waals surface area contributed by atoms with Gasteiger partial charge in [-0.15, -0.1) is 0 Å². The summed E-state index contributed by atoms with van der Waals surface area (Å²) < 4.78 is 92.1. The molecule has 51 heavy (non-hydrogen) atoms. The highest BCUT2D eigenvalue weighted by atomic mass is 19.4. The molecule has 0 spiro atoms. The molecule has 0 radical (unpaired) electrons. The van der Waals surface area contributed by atoms with Gasteiger partial charge in [-0.05, 0) is 93.7 Å². The van der Waals surface area contributed by atoms with Crippen molar-refractivity contribution in [1.82, 2.24) is 9.88 Å². The summed E-state index contributed by atoms with van der Waals surface area (Å²) in [5.74, 6) is -3.46. The summed E-state index contributed by atoms with van der Waals surface area (Å²) >= 11 is 0. The number of halogens is 6. The monoisotopic (exact) mass is 720 g/mol. The van der Waals surface area contributed by atoms with E-state index in [2.05, 4.69) is 21.6 Å². The van der Waals surface area contributed by atoms with Gasteiger partial charge in [-0.3, -0.25) is 19.9 Å². The number of hydrogen-bond donors (Lipinski definition) is 1. The van der Waals surface area contributed by atoms with Gasteiger partial charge >= 0.3 is 6.18 Å². The van der Waals surface area contributed by atoms with Crippen LogP contribution in [0.4, 0.5) is 26.3 Å². The van der Waals surface area contributed by atoms with Crippen molar-refractivity contribution >= 4 is 12.9 Å². The quantitative estimate of drug-likeness (QED) is 0.186. The third-order valence-electron chi connectivity index (χ3n) is 10.4. The number of aliphatic imine (C=N–C) groups is 2. The van der Waals surface area contributed by atoms with E-state index in [4.69, 9.17) is 9.72 Å². The highest BCUT2D eigenvalue weighted by Gasteiger charge is 2.43. The molecule has 12 heteroatoms. The fraction of sp³-hybridized carbons (Fsp3) is 0.615. The zero-order valence-electron chi connectivity index (χ0n) is 30.0. The molecule has 1 aromatic heterocycles.